The number of imidazole rings is 1. The van der Waals surface area contributed by atoms with Crippen LogP contribution in [-0.4, -0.2) is 32.8 Å². The zero-order valence-corrected chi connectivity index (χ0v) is 16.4. The van der Waals surface area contributed by atoms with E-state index in [9.17, 15) is 9.59 Å². The van der Waals surface area contributed by atoms with Gasteiger partial charge in [-0.15, -0.1) is 0 Å². The van der Waals surface area contributed by atoms with Gasteiger partial charge in [0.2, 0.25) is 11.8 Å². The van der Waals surface area contributed by atoms with Crippen molar-refractivity contribution in [3.05, 3.63) is 78.6 Å². The number of nitrogens with one attached hydrogen (secondary N) is 1. The number of hydrogen-bond donors (Lipinski definition) is 1. The van der Waals surface area contributed by atoms with E-state index in [1.54, 1.807) is 4.90 Å². The molecule has 148 valence electrons. The second-order valence-corrected chi connectivity index (χ2v) is 7.28. The van der Waals surface area contributed by atoms with Gasteiger partial charge < -0.3 is 14.8 Å². The number of benzene rings is 2. The first kappa shape index (κ1) is 18.9. The highest BCUT2D eigenvalue weighted by atomic mass is 16.2. The van der Waals surface area contributed by atoms with Crippen LogP contribution in [0.4, 0.5) is 0 Å². The molecule has 4 rings (SSSR count). The molecule has 3 aromatic rings. The van der Waals surface area contributed by atoms with Gasteiger partial charge in [0.1, 0.15) is 5.82 Å². The van der Waals surface area contributed by atoms with E-state index in [0.29, 0.717) is 19.5 Å². The van der Waals surface area contributed by atoms with Crippen molar-refractivity contribution >= 4 is 22.8 Å². The Morgan fingerprint density at radius 2 is 1.90 bits per heavy atom. The summed E-state index contributed by atoms with van der Waals surface area (Å²) >= 11 is 0. The van der Waals surface area contributed by atoms with E-state index < -0.39 is 0 Å². The molecule has 2 aromatic carbocycles. The first-order valence-electron chi connectivity index (χ1n) is 9.76. The van der Waals surface area contributed by atoms with Gasteiger partial charge in [0, 0.05) is 13.6 Å². The van der Waals surface area contributed by atoms with Crippen LogP contribution in [0.5, 0.6) is 0 Å². The molecule has 2 amide bonds. The predicted octanol–water partition coefficient (Wildman–Crippen LogP) is 2.97. The number of nitrogens with zero attached hydrogens (tertiary/aromatic N) is 3. The van der Waals surface area contributed by atoms with E-state index in [1.165, 1.54) is 6.08 Å². The molecule has 0 aliphatic carbocycles. The standard InChI is InChI=1S/C23H24N4O2/c1-3-21(28)27-14-13-17(22(27)16-9-5-4-6-10-16)23(29)24-15-20-25-18-11-7-8-12-19(18)26(20)2/h3-12,17,22H,1,13-15H2,2H3,(H,24,29)/t17-,22+/m0/s1. The number of carbonyl (C=O) groups excluding carboxylic acids is 2. The average Bonchev–Trinajstić information content (AvgIpc) is 3.34. The fourth-order valence-electron chi connectivity index (χ4n) is 4.14. The second-order valence-electron chi connectivity index (χ2n) is 7.28. The van der Waals surface area contributed by atoms with Crippen molar-refractivity contribution in [2.45, 2.75) is 19.0 Å². The summed E-state index contributed by atoms with van der Waals surface area (Å²) in [7, 11) is 1.95. The number of rotatable bonds is 5. The van der Waals surface area contributed by atoms with Gasteiger partial charge in [-0.1, -0.05) is 49.0 Å². The molecule has 1 fully saturated rings. The molecule has 1 saturated heterocycles. The Morgan fingerprint density at radius 3 is 2.62 bits per heavy atom. The lowest BCUT2D eigenvalue weighted by molar-refractivity contribution is -0.129. The number of para-hydroxylation sites is 2. The molecule has 2 atom stereocenters. The predicted molar refractivity (Wildman–Crippen MR) is 112 cm³/mol. The van der Waals surface area contributed by atoms with Gasteiger partial charge >= 0.3 is 0 Å². The molecule has 1 aliphatic rings. The first-order valence-corrected chi connectivity index (χ1v) is 9.76. The third kappa shape index (κ3) is 3.53. The van der Waals surface area contributed by atoms with Gasteiger partial charge in [0.05, 0.1) is 29.5 Å². The third-order valence-electron chi connectivity index (χ3n) is 5.63. The van der Waals surface area contributed by atoms with E-state index in [2.05, 4.69) is 16.9 Å². The average molecular weight is 388 g/mol. The minimum Gasteiger partial charge on any atom is -0.349 e. The largest absolute Gasteiger partial charge is 0.349 e. The van der Waals surface area contributed by atoms with Gasteiger partial charge in [-0.25, -0.2) is 4.98 Å². The smallest absolute Gasteiger partial charge is 0.246 e. The third-order valence-corrected chi connectivity index (χ3v) is 5.63. The molecular weight excluding hydrogens is 364 g/mol. The Bertz CT molecular complexity index is 1060. The summed E-state index contributed by atoms with van der Waals surface area (Å²) in [5.74, 6) is 0.276. The van der Waals surface area contributed by atoms with Gasteiger partial charge in [0.25, 0.3) is 0 Å². The van der Waals surface area contributed by atoms with Crippen LogP contribution >= 0.6 is 0 Å². The summed E-state index contributed by atoms with van der Waals surface area (Å²) < 4.78 is 1.99. The van der Waals surface area contributed by atoms with Crippen molar-refractivity contribution in [3.63, 3.8) is 0 Å². The van der Waals surface area contributed by atoms with E-state index in [1.807, 2.05) is 66.2 Å². The van der Waals surface area contributed by atoms with Gasteiger partial charge in [0.15, 0.2) is 0 Å². The highest BCUT2D eigenvalue weighted by Crippen LogP contribution is 2.37. The summed E-state index contributed by atoms with van der Waals surface area (Å²) in [5, 5.41) is 3.03. The minimum atomic E-state index is -0.309. The SMILES string of the molecule is C=CC(=O)N1CC[C@H](C(=O)NCc2nc3ccccc3n2C)[C@H]1c1ccccc1. The zero-order chi connectivity index (χ0) is 20.4. The molecule has 6 heteroatoms. The maximum atomic E-state index is 13.1. The van der Waals surface area contributed by atoms with E-state index >= 15 is 0 Å². The normalized spacial score (nSPS) is 18.7. The Labute approximate surface area is 169 Å². The topological polar surface area (TPSA) is 67.2 Å². The monoisotopic (exact) mass is 388 g/mol. The number of hydrogen-bond acceptors (Lipinski definition) is 3. The van der Waals surface area contributed by atoms with Crippen LogP contribution in [0.15, 0.2) is 67.3 Å². The quantitative estimate of drug-likeness (QED) is 0.684. The van der Waals surface area contributed by atoms with Crippen LogP contribution in [-0.2, 0) is 23.2 Å². The van der Waals surface area contributed by atoms with Crippen LogP contribution in [0.25, 0.3) is 11.0 Å². The molecule has 1 aliphatic heterocycles. The summed E-state index contributed by atoms with van der Waals surface area (Å²) in [6.45, 7) is 4.49. The maximum absolute atomic E-state index is 13.1. The molecule has 0 bridgehead atoms. The number of fused-ring (bicyclic) bond motifs is 1. The van der Waals surface area contributed by atoms with Gasteiger partial charge in [-0.2, -0.15) is 0 Å². The molecule has 1 aromatic heterocycles. The Kier molecular flexibility index (Phi) is 5.16. The van der Waals surface area contributed by atoms with Crippen molar-refractivity contribution in [2.75, 3.05) is 6.54 Å². The van der Waals surface area contributed by atoms with Crippen molar-refractivity contribution in [1.29, 1.82) is 0 Å². The van der Waals surface area contributed by atoms with E-state index in [-0.39, 0.29) is 23.8 Å². The van der Waals surface area contributed by atoms with E-state index in [0.717, 1.165) is 22.4 Å². The molecule has 1 N–H and O–H groups in total. The number of aromatic nitrogens is 2. The number of amides is 2. The summed E-state index contributed by atoms with van der Waals surface area (Å²) in [6, 6.07) is 17.3. The summed E-state index contributed by atoms with van der Waals surface area (Å²) in [6.07, 6.45) is 1.93. The number of carbonyl (C=O) groups is 2. The number of aryl methyl sites for hydroxylation is 1. The fourth-order valence-corrected chi connectivity index (χ4v) is 4.14. The molecule has 0 saturated carbocycles. The molecule has 2 heterocycles. The molecule has 0 unspecified atom stereocenters. The molecule has 0 spiro atoms. The summed E-state index contributed by atoms with van der Waals surface area (Å²) in [5.41, 5.74) is 2.90. The Hall–Kier alpha value is -3.41. The van der Waals surface area contributed by atoms with Crippen LogP contribution in [0.2, 0.25) is 0 Å². The Morgan fingerprint density at radius 1 is 1.17 bits per heavy atom. The van der Waals surface area contributed by atoms with Crippen molar-refractivity contribution in [1.82, 2.24) is 19.8 Å². The van der Waals surface area contributed by atoms with Crippen LogP contribution in [0, 0.1) is 5.92 Å². The molecular formula is C23H24N4O2. The lowest BCUT2D eigenvalue weighted by atomic mass is 9.93. The fraction of sp³-hybridized carbons (Fsp3) is 0.261. The van der Waals surface area contributed by atoms with Gasteiger partial charge in [-0.3, -0.25) is 9.59 Å². The number of likely N-dealkylation sites (tertiary alicyclic amines) is 1. The molecule has 29 heavy (non-hydrogen) atoms. The van der Waals surface area contributed by atoms with Crippen LogP contribution in [0.3, 0.4) is 0 Å². The lowest BCUT2D eigenvalue weighted by Crippen LogP contribution is -2.37. The van der Waals surface area contributed by atoms with E-state index in [4.69, 9.17) is 0 Å². The maximum Gasteiger partial charge on any atom is 0.246 e. The molecule has 6 nitrogen and oxygen atoms in total. The lowest BCUT2D eigenvalue weighted by Gasteiger charge is -2.27. The zero-order valence-electron chi connectivity index (χ0n) is 16.4. The highest BCUT2D eigenvalue weighted by molar-refractivity contribution is 5.89. The van der Waals surface area contributed by atoms with Crippen LogP contribution < -0.4 is 5.32 Å². The molecule has 0 radical (unpaired) electrons. The Balaban J connectivity index is 1.54. The van der Waals surface area contributed by atoms with Crippen molar-refractivity contribution in [3.8, 4) is 0 Å². The van der Waals surface area contributed by atoms with Gasteiger partial charge in [-0.05, 0) is 30.2 Å². The second kappa shape index (κ2) is 7.91. The highest BCUT2D eigenvalue weighted by Gasteiger charge is 2.41. The van der Waals surface area contributed by atoms with Crippen LogP contribution in [0.1, 0.15) is 23.9 Å². The van der Waals surface area contributed by atoms with Crippen molar-refractivity contribution < 1.29 is 9.59 Å². The minimum absolute atomic E-state index is 0.0646. The van der Waals surface area contributed by atoms with Crippen molar-refractivity contribution in [2.24, 2.45) is 13.0 Å². The first-order chi connectivity index (χ1) is 14.1. The summed E-state index contributed by atoms with van der Waals surface area (Å²) in [4.78, 5) is 31.8.